The highest BCUT2D eigenvalue weighted by Crippen LogP contribution is 2.36. The molecule has 0 bridgehead atoms. The highest BCUT2D eigenvalue weighted by molar-refractivity contribution is 6.31. The summed E-state index contributed by atoms with van der Waals surface area (Å²) in [7, 11) is 0. The van der Waals surface area contributed by atoms with Gasteiger partial charge in [-0.2, -0.15) is 0 Å². The number of rotatable bonds is 2. The number of halogens is 1. The number of hydrogen-bond acceptors (Lipinski definition) is 2. The van der Waals surface area contributed by atoms with E-state index < -0.39 is 5.60 Å². The van der Waals surface area contributed by atoms with Gasteiger partial charge in [-0.05, 0) is 25.1 Å². The Bertz CT molecular complexity index is 695. The molecule has 0 amide bonds. The quantitative estimate of drug-likeness (QED) is 0.753. The van der Waals surface area contributed by atoms with Crippen LogP contribution in [0.5, 0.6) is 0 Å². The van der Waals surface area contributed by atoms with E-state index >= 15 is 0 Å². The number of aliphatic hydroxyl groups is 1. The van der Waals surface area contributed by atoms with Crippen molar-refractivity contribution in [2.75, 3.05) is 0 Å². The average molecular weight is 273 g/mol. The average Bonchev–Trinajstić information content (AvgIpc) is 2.83. The topological polar surface area (TPSA) is 33.4 Å². The van der Waals surface area contributed by atoms with Gasteiger partial charge in [0.05, 0.1) is 0 Å². The van der Waals surface area contributed by atoms with Gasteiger partial charge in [0, 0.05) is 16.0 Å². The predicted molar refractivity (Wildman–Crippen MR) is 76.3 cm³/mol. The van der Waals surface area contributed by atoms with Crippen LogP contribution in [-0.4, -0.2) is 5.11 Å². The summed E-state index contributed by atoms with van der Waals surface area (Å²) in [6.45, 7) is 1.69. The van der Waals surface area contributed by atoms with Crippen LogP contribution in [0.25, 0.3) is 11.0 Å². The first-order valence-electron chi connectivity index (χ1n) is 6.05. The fraction of sp³-hybridized carbons (Fsp3) is 0.125. The molecule has 3 rings (SSSR count). The van der Waals surface area contributed by atoms with Gasteiger partial charge >= 0.3 is 0 Å². The summed E-state index contributed by atoms with van der Waals surface area (Å²) >= 11 is 6.16. The number of furan rings is 1. The highest BCUT2D eigenvalue weighted by atomic mass is 35.5. The lowest BCUT2D eigenvalue weighted by Gasteiger charge is -2.22. The monoisotopic (exact) mass is 272 g/mol. The molecule has 0 aliphatic heterocycles. The van der Waals surface area contributed by atoms with Crippen LogP contribution in [0, 0.1) is 0 Å². The molecule has 3 aromatic rings. The van der Waals surface area contributed by atoms with Crippen LogP contribution in [0.2, 0.25) is 5.02 Å². The fourth-order valence-corrected chi connectivity index (χ4v) is 2.53. The molecule has 0 aliphatic carbocycles. The SMILES string of the molecule is CC(O)(c1cc2ccccc2o1)c1ccccc1Cl. The molecule has 1 heterocycles. The van der Waals surface area contributed by atoms with Crippen LogP contribution in [0.4, 0.5) is 0 Å². The van der Waals surface area contributed by atoms with Gasteiger partial charge in [0.2, 0.25) is 0 Å². The van der Waals surface area contributed by atoms with E-state index in [-0.39, 0.29) is 0 Å². The molecule has 0 fully saturated rings. The first-order chi connectivity index (χ1) is 9.09. The van der Waals surface area contributed by atoms with Gasteiger partial charge in [-0.1, -0.05) is 48.0 Å². The van der Waals surface area contributed by atoms with Crippen LogP contribution in [-0.2, 0) is 5.60 Å². The number of benzene rings is 2. The summed E-state index contributed by atoms with van der Waals surface area (Å²) in [5, 5.41) is 12.2. The van der Waals surface area contributed by atoms with E-state index in [9.17, 15) is 5.11 Å². The minimum atomic E-state index is -1.25. The van der Waals surface area contributed by atoms with Crippen molar-refractivity contribution in [1.82, 2.24) is 0 Å². The summed E-state index contributed by atoms with van der Waals surface area (Å²) in [6.07, 6.45) is 0. The summed E-state index contributed by atoms with van der Waals surface area (Å²) in [6, 6.07) is 16.7. The van der Waals surface area contributed by atoms with Crippen molar-refractivity contribution >= 4 is 22.6 Å². The highest BCUT2D eigenvalue weighted by Gasteiger charge is 2.31. The molecular weight excluding hydrogens is 260 g/mol. The third-order valence-electron chi connectivity index (χ3n) is 3.30. The molecule has 0 saturated carbocycles. The van der Waals surface area contributed by atoms with E-state index in [0.717, 1.165) is 11.0 Å². The van der Waals surface area contributed by atoms with E-state index in [4.69, 9.17) is 16.0 Å². The normalized spacial score (nSPS) is 14.5. The zero-order valence-electron chi connectivity index (χ0n) is 10.4. The zero-order valence-corrected chi connectivity index (χ0v) is 11.2. The van der Waals surface area contributed by atoms with E-state index in [0.29, 0.717) is 16.3 Å². The summed E-state index contributed by atoms with van der Waals surface area (Å²) in [5.74, 6) is 0.488. The summed E-state index contributed by atoms with van der Waals surface area (Å²) in [5.41, 5.74) is 0.137. The zero-order chi connectivity index (χ0) is 13.5. The molecular formula is C16H13ClO2. The van der Waals surface area contributed by atoms with Crippen LogP contribution in [0.1, 0.15) is 18.2 Å². The van der Waals surface area contributed by atoms with Crippen molar-refractivity contribution in [3.63, 3.8) is 0 Å². The second-order valence-electron chi connectivity index (χ2n) is 4.70. The molecule has 1 unspecified atom stereocenters. The Balaban J connectivity index is 2.16. The van der Waals surface area contributed by atoms with E-state index in [1.165, 1.54) is 0 Å². The van der Waals surface area contributed by atoms with E-state index in [2.05, 4.69) is 0 Å². The molecule has 96 valence electrons. The summed E-state index contributed by atoms with van der Waals surface area (Å²) in [4.78, 5) is 0. The molecule has 19 heavy (non-hydrogen) atoms. The second-order valence-corrected chi connectivity index (χ2v) is 5.11. The van der Waals surface area contributed by atoms with Gasteiger partial charge in [-0.25, -0.2) is 0 Å². The van der Waals surface area contributed by atoms with Crippen LogP contribution in [0.3, 0.4) is 0 Å². The Labute approximate surface area is 116 Å². The Kier molecular flexibility index (Phi) is 2.85. The van der Waals surface area contributed by atoms with Crippen molar-refractivity contribution in [2.24, 2.45) is 0 Å². The molecule has 0 spiro atoms. The number of fused-ring (bicyclic) bond motifs is 1. The maximum absolute atomic E-state index is 10.8. The van der Waals surface area contributed by atoms with E-state index in [1.807, 2.05) is 42.5 Å². The van der Waals surface area contributed by atoms with Gasteiger partial charge < -0.3 is 9.52 Å². The lowest BCUT2D eigenvalue weighted by atomic mass is 9.93. The Morgan fingerprint density at radius 3 is 2.47 bits per heavy atom. The third kappa shape index (κ3) is 2.03. The molecule has 2 aromatic carbocycles. The van der Waals surface area contributed by atoms with Gasteiger partial charge in [-0.15, -0.1) is 0 Å². The van der Waals surface area contributed by atoms with E-state index in [1.54, 1.807) is 19.1 Å². The molecule has 0 saturated heterocycles. The van der Waals surface area contributed by atoms with Gasteiger partial charge in [0.25, 0.3) is 0 Å². The van der Waals surface area contributed by atoms with Crippen LogP contribution in [0.15, 0.2) is 59.0 Å². The lowest BCUT2D eigenvalue weighted by molar-refractivity contribution is 0.0787. The predicted octanol–water partition coefficient (Wildman–Crippen LogP) is 4.34. The van der Waals surface area contributed by atoms with Crippen molar-refractivity contribution < 1.29 is 9.52 Å². The number of para-hydroxylation sites is 1. The smallest absolute Gasteiger partial charge is 0.146 e. The van der Waals surface area contributed by atoms with Crippen molar-refractivity contribution in [3.8, 4) is 0 Å². The number of hydrogen-bond donors (Lipinski definition) is 1. The first kappa shape index (κ1) is 12.3. The van der Waals surface area contributed by atoms with Crippen LogP contribution >= 0.6 is 11.6 Å². The molecule has 1 aromatic heterocycles. The maximum Gasteiger partial charge on any atom is 0.146 e. The fourth-order valence-electron chi connectivity index (χ4n) is 2.21. The minimum Gasteiger partial charge on any atom is -0.458 e. The Hall–Kier alpha value is -1.77. The minimum absolute atomic E-state index is 0.488. The molecule has 0 aliphatic rings. The molecule has 2 nitrogen and oxygen atoms in total. The Morgan fingerprint density at radius 1 is 1.05 bits per heavy atom. The van der Waals surface area contributed by atoms with Gasteiger partial charge in [-0.3, -0.25) is 0 Å². The molecule has 1 N–H and O–H groups in total. The molecule has 1 atom stereocenters. The molecule has 3 heteroatoms. The summed E-state index contributed by atoms with van der Waals surface area (Å²) < 4.78 is 5.73. The molecule has 0 radical (unpaired) electrons. The van der Waals surface area contributed by atoms with Crippen molar-refractivity contribution in [2.45, 2.75) is 12.5 Å². The van der Waals surface area contributed by atoms with Gasteiger partial charge in [0.1, 0.15) is 16.9 Å². The van der Waals surface area contributed by atoms with Crippen LogP contribution < -0.4 is 0 Å². The van der Waals surface area contributed by atoms with Gasteiger partial charge in [0.15, 0.2) is 0 Å². The maximum atomic E-state index is 10.8. The first-order valence-corrected chi connectivity index (χ1v) is 6.43. The third-order valence-corrected chi connectivity index (χ3v) is 3.63. The van der Waals surface area contributed by atoms with Crippen molar-refractivity contribution in [3.05, 3.63) is 70.9 Å². The van der Waals surface area contributed by atoms with Crippen molar-refractivity contribution in [1.29, 1.82) is 0 Å². The second kappa shape index (κ2) is 4.41. The Morgan fingerprint density at radius 2 is 1.74 bits per heavy atom. The largest absolute Gasteiger partial charge is 0.458 e. The standard InChI is InChI=1S/C16H13ClO2/c1-16(18,12-7-3-4-8-13(12)17)15-10-11-6-2-5-9-14(11)19-15/h2-10,18H,1H3. The lowest BCUT2D eigenvalue weighted by Crippen LogP contribution is -2.22.